The molecule has 1 fully saturated rings. The first-order chi connectivity index (χ1) is 8.31. The van der Waals surface area contributed by atoms with Gasteiger partial charge in [-0.15, -0.1) is 0 Å². The molecule has 1 aliphatic carbocycles. The number of nitrogens with one attached hydrogen (secondary N) is 2. The molecule has 0 unspecified atom stereocenters. The van der Waals surface area contributed by atoms with Crippen molar-refractivity contribution in [1.29, 1.82) is 0 Å². The Labute approximate surface area is 115 Å². The SMILES string of the molecule is CC(C)S(=O)(=O)NC1CCC(CNC(N)=S)CC1. The van der Waals surface area contributed by atoms with E-state index in [9.17, 15) is 8.42 Å². The fourth-order valence-corrected chi connectivity index (χ4v) is 3.15. The van der Waals surface area contributed by atoms with E-state index >= 15 is 0 Å². The van der Waals surface area contributed by atoms with Crippen molar-refractivity contribution in [2.45, 2.75) is 50.8 Å². The van der Waals surface area contributed by atoms with Crippen molar-refractivity contribution in [3.8, 4) is 0 Å². The van der Waals surface area contributed by atoms with E-state index in [2.05, 4.69) is 10.0 Å². The van der Waals surface area contributed by atoms with Crippen LogP contribution in [-0.2, 0) is 10.0 Å². The minimum atomic E-state index is -3.15. The molecule has 1 rings (SSSR count). The molecule has 1 saturated carbocycles. The minimum absolute atomic E-state index is 0.0819. The van der Waals surface area contributed by atoms with Gasteiger partial charge < -0.3 is 11.1 Å². The Balaban J connectivity index is 2.34. The Hall–Kier alpha value is -0.400. The zero-order valence-corrected chi connectivity index (χ0v) is 12.6. The summed E-state index contributed by atoms with van der Waals surface area (Å²) in [5.74, 6) is 0.534. The molecule has 1 aliphatic rings. The molecule has 0 aromatic rings. The number of sulfonamides is 1. The number of nitrogens with two attached hydrogens (primary N) is 1. The summed E-state index contributed by atoms with van der Waals surface area (Å²) in [6.07, 6.45) is 3.77. The molecule has 0 radical (unpaired) electrons. The second kappa shape index (κ2) is 6.68. The molecule has 0 amide bonds. The van der Waals surface area contributed by atoms with Gasteiger partial charge in [-0.25, -0.2) is 13.1 Å². The van der Waals surface area contributed by atoms with Gasteiger partial charge in [0.15, 0.2) is 5.11 Å². The van der Waals surface area contributed by atoms with Crippen LogP contribution in [0.15, 0.2) is 0 Å². The average molecular weight is 293 g/mol. The highest BCUT2D eigenvalue weighted by Crippen LogP contribution is 2.24. The van der Waals surface area contributed by atoms with Gasteiger partial charge in [0.1, 0.15) is 0 Å². The highest BCUT2D eigenvalue weighted by molar-refractivity contribution is 7.90. The highest BCUT2D eigenvalue weighted by atomic mass is 32.2. The second-order valence-electron chi connectivity index (χ2n) is 5.17. The lowest BCUT2D eigenvalue weighted by Crippen LogP contribution is -2.42. The van der Waals surface area contributed by atoms with Crippen LogP contribution >= 0.6 is 12.2 Å². The maximum atomic E-state index is 11.7. The van der Waals surface area contributed by atoms with Crippen molar-refractivity contribution >= 4 is 27.4 Å². The van der Waals surface area contributed by atoms with E-state index in [0.717, 1.165) is 32.2 Å². The van der Waals surface area contributed by atoms with E-state index in [0.29, 0.717) is 11.0 Å². The number of hydrogen-bond donors (Lipinski definition) is 3. The fourth-order valence-electron chi connectivity index (χ4n) is 2.10. The van der Waals surface area contributed by atoms with Crippen molar-refractivity contribution in [2.75, 3.05) is 6.54 Å². The second-order valence-corrected chi connectivity index (χ2v) is 7.88. The molecule has 5 nitrogen and oxygen atoms in total. The predicted octanol–water partition coefficient (Wildman–Crippen LogP) is 0.706. The normalized spacial score (nSPS) is 25.1. The predicted molar refractivity (Wildman–Crippen MR) is 77.7 cm³/mol. The fraction of sp³-hybridized carbons (Fsp3) is 0.909. The van der Waals surface area contributed by atoms with Gasteiger partial charge in [0.2, 0.25) is 10.0 Å². The van der Waals surface area contributed by atoms with E-state index in [4.69, 9.17) is 18.0 Å². The monoisotopic (exact) mass is 293 g/mol. The zero-order valence-electron chi connectivity index (χ0n) is 11.0. The third-order valence-corrected chi connectivity index (χ3v) is 5.41. The lowest BCUT2D eigenvalue weighted by atomic mass is 9.86. The summed E-state index contributed by atoms with van der Waals surface area (Å²) < 4.78 is 26.3. The largest absolute Gasteiger partial charge is 0.376 e. The lowest BCUT2D eigenvalue weighted by molar-refractivity contribution is 0.312. The van der Waals surface area contributed by atoms with Crippen molar-refractivity contribution in [2.24, 2.45) is 11.7 Å². The van der Waals surface area contributed by atoms with Gasteiger partial charge in [-0.2, -0.15) is 0 Å². The van der Waals surface area contributed by atoms with Gasteiger partial charge in [0.05, 0.1) is 5.25 Å². The van der Waals surface area contributed by atoms with Gasteiger partial charge in [0, 0.05) is 12.6 Å². The molecular weight excluding hydrogens is 270 g/mol. The third-order valence-electron chi connectivity index (χ3n) is 3.36. The first kappa shape index (κ1) is 15.7. The Kier molecular flexibility index (Phi) is 5.81. The Bertz CT molecular complexity index is 374. The molecule has 7 heteroatoms. The number of thiocarbonyl (C=S) groups is 1. The number of rotatable bonds is 5. The maximum absolute atomic E-state index is 11.7. The molecular formula is C11H23N3O2S2. The van der Waals surface area contributed by atoms with Crippen molar-refractivity contribution in [3.63, 3.8) is 0 Å². The average Bonchev–Trinajstić information content (AvgIpc) is 2.27. The Morgan fingerprint density at radius 1 is 1.33 bits per heavy atom. The summed E-state index contributed by atoms with van der Waals surface area (Å²) in [5, 5.41) is 2.93. The third kappa shape index (κ3) is 5.07. The Morgan fingerprint density at radius 2 is 1.89 bits per heavy atom. The smallest absolute Gasteiger partial charge is 0.214 e. The summed E-state index contributed by atoms with van der Waals surface area (Å²) in [6, 6.07) is 0.0819. The molecule has 4 N–H and O–H groups in total. The van der Waals surface area contributed by atoms with Crippen molar-refractivity contribution in [1.82, 2.24) is 10.0 Å². The molecule has 106 valence electrons. The maximum Gasteiger partial charge on any atom is 0.214 e. The molecule has 0 bridgehead atoms. The molecule has 0 spiro atoms. The number of hydrogen-bond acceptors (Lipinski definition) is 3. The van der Waals surface area contributed by atoms with Crippen LogP contribution in [0.5, 0.6) is 0 Å². The van der Waals surface area contributed by atoms with Gasteiger partial charge in [-0.05, 0) is 57.7 Å². The van der Waals surface area contributed by atoms with E-state index < -0.39 is 10.0 Å². The lowest BCUT2D eigenvalue weighted by Gasteiger charge is -2.29. The topological polar surface area (TPSA) is 84.2 Å². The summed E-state index contributed by atoms with van der Waals surface area (Å²) in [5.41, 5.74) is 5.38. The Morgan fingerprint density at radius 3 is 2.33 bits per heavy atom. The van der Waals surface area contributed by atoms with Crippen LogP contribution in [0.25, 0.3) is 0 Å². The van der Waals surface area contributed by atoms with Crippen molar-refractivity contribution in [3.05, 3.63) is 0 Å². The van der Waals surface area contributed by atoms with Crippen LogP contribution in [0.4, 0.5) is 0 Å². The van der Waals surface area contributed by atoms with Crippen LogP contribution in [0.2, 0.25) is 0 Å². The summed E-state index contributed by atoms with van der Waals surface area (Å²) in [4.78, 5) is 0. The molecule has 0 saturated heterocycles. The molecule has 18 heavy (non-hydrogen) atoms. The van der Waals surface area contributed by atoms with E-state index in [1.165, 1.54) is 0 Å². The first-order valence-corrected chi connectivity index (χ1v) is 8.31. The molecule has 0 aliphatic heterocycles. The summed E-state index contributed by atoms with van der Waals surface area (Å²) >= 11 is 4.76. The van der Waals surface area contributed by atoms with E-state index in [1.54, 1.807) is 13.8 Å². The van der Waals surface area contributed by atoms with Crippen LogP contribution in [-0.4, -0.2) is 31.4 Å². The molecule has 0 aromatic carbocycles. The molecule has 0 aromatic heterocycles. The van der Waals surface area contributed by atoms with Crippen LogP contribution < -0.4 is 15.8 Å². The quantitative estimate of drug-likeness (QED) is 0.650. The van der Waals surface area contributed by atoms with Gasteiger partial charge in [-0.3, -0.25) is 0 Å². The standard InChI is InChI=1S/C11H23N3O2S2/c1-8(2)18(15,16)14-10-5-3-9(4-6-10)7-13-11(12)17/h8-10,14H,3-7H2,1-2H3,(H3,12,13,17). The van der Waals surface area contributed by atoms with Crippen LogP contribution in [0.1, 0.15) is 39.5 Å². The molecule has 0 atom stereocenters. The highest BCUT2D eigenvalue weighted by Gasteiger charge is 2.26. The minimum Gasteiger partial charge on any atom is -0.376 e. The summed E-state index contributed by atoms with van der Waals surface area (Å²) in [6.45, 7) is 4.18. The van der Waals surface area contributed by atoms with E-state index in [-0.39, 0.29) is 11.3 Å². The zero-order chi connectivity index (χ0) is 13.8. The van der Waals surface area contributed by atoms with Gasteiger partial charge >= 0.3 is 0 Å². The van der Waals surface area contributed by atoms with Gasteiger partial charge in [0.25, 0.3) is 0 Å². The summed E-state index contributed by atoms with van der Waals surface area (Å²) in [7, 11) is -3.15. The molecule has 0 heterocycles. The van der Waals surface area contributed by atoms with Crippen LogP contribution in [0, 0.1) is 5.92 Å². The van der Waals surface area contributed by atoms with Crippen molar-refractivity contribution < 1.29 is 8.42 Å². The van der Waals surface area contributed by atoms with Crippen LogP contribution in [0.3, 0.4) is 0 Å². The van der Waals surface area contributed by atoms with Gasteiger partial charge in [-0.1, -0.05) is 0 Å². The first-order valence-electron chi connectivity index (χ1n) is 6.35. The van der Waals surface area contributed by atoms with E-state index in [1.807, 2.05) is 0 Å².